The van der Waals surface area contributed by atoms with Crippen LogP contribution in [0.1, 0.15) is 31.7 Å². The third-order valence-electron chi connectivity index (χ3n) is 4.81. The zero-order chi connectivity index (χ0) is 15.6. The topological polar surface area (TPSA) is 49.8 Å². The van der Waals surface area contributed by atoms with Gasteiger partial charge in [0.1, 0.15) is 12.4 Å². The monoisotopic (exact) mass is 301 g/mol. The molecule has 22 heavy (non-hydrogen) atoms. The van der Waals surface area contributed by atoms with E-state index in [1.807, 2.05) is 37.3 Å². The Morgan fingerprint density at radius 3 is 2.55 bits per heavy atom. The SMILES string of the molecule is CCC1=C(O)C(CN2CCCC2)(c2ccccc2)COC1=O. The molecule has 0 saturated carbocycles. The van der Waals surface area contributed by atoms with Crippen molar-refractivity contribution in [3.05, 3.63) is 47.2 Å². The van der Waals surface area contributed by atoms with E-state index in [9.17, 15) is 9.90 Å². The van der Waals surface area contributed by atoms with Gasteiger partial charge in [0.05, 0.1) is 11.0 Å². The molecule has 1 aromatic carbocycles. The smallest absolute Gasteiger partial charge is 0.337 e. The lowest BCUT2D eigenvalue weighted by atomic mass is 9.75. The summed E-state index contributed by atoms with van der Waals surface area (Å²) in [5, 5.41) is 10.9. The first kappa shape index (κ1) is 15.1. The van der Waals surface area contributed by atoms with Gasteiger partial charge >= 0.3 is 5.97 Å². The maximum atomic E-state index is 11.9. The van der Waals surface area contributed by atoms with Crippen molar-refractivity contribution in [2.24, 2.45) is 0 Å². The van der Waals surface area contributed by atoms with E-state index in [-0.39, 0.29) is 18.3 Å². The van der Waals surface area contributed by atoms with Gasteiger partial charge in [0.25, 0.3) is 0 Å². The molecule has 2 aliphatic heterocycles. The molecule has 1 unspecified atom stereocenters. The van der Waals surface area contributed by atoms with Gasteiger partial charge in [0.15, 0.2) is 0 Å². The second-order valence-electron chi connectivity index (χ2n) is 6.19. The van der Waals surface area contributed by atoms with Crippen molar-refractivity contribution >= 4 is 5.97 Å². The van der Waals surface area contributed by atoms with E-state index in [4.69, 9.17) is 4.74 Å². The molecule has 0 aromatic heterocycles. The first-order chi connectivity index (χ1) is 10.7. The van der Waals surface area contributed by atoms with Crippen molar-refractivity contribution in [1.82, 2.24) is 4.90 Å². The minimum absolute atomic E-state index is 0.198. The lowest BCUT2D eigenvalue weighted by Crippen LogP contribution is -2.48. The van der Waals surface area contributed by atoms with Gasteiger partial charge in [-0.05, 0) is 37.9 Å². The number of carbonyl (C=O) groups excluding carboxylic acids is 1. The Morgan fingerprint density at radius 1 is 1.23 bits per heavy atom. The summed E-state index contributed by atoms with van der Waals surface area (Å²) in [6.45, 7) is 4.86. The molecule has 0 bridgehead atoms. The molecule has 1 N–H and O–H groups in total. The molecular weight excluding hydrogens is 278 g/mol. The highest BCUT2D eigenvalue weighted by molar-refractivity contribution is 5.90. The molecule has 0 aliphatic carbocycles. The third kappa shape index (κ3) is 2.52. The van der Waals surface area contributed by atoms with Crippen molar-refractivity contribution in [1.29, 1.82) is 0 Å². The van der Waals surface area contributed by atoms with Crippen LogP contribution in [-0.2, 0) is 14.9 Å². The molecule has 1 aromatic rings. The van der Waals surface area contributed by atoms with Crippen LogP contribution in [-0.4, -0.2) is 42.2 Å². The second-order valence-corrected chi connectivity index (χ2v) is 6.19. The van der Waals surface area contributed by atoms with E-state index in [0.29, 0.717) is 18.5 Å². The number of esters is 1. The number of likely N-dealkylation sites (tertiary alicyclic amines) is 1. The first-order valence-electron chi connectivity index (χ1n) is 8.05. The molecular formula is C18H23NO3. The molecule has 118 valence electrons. The summed E-state index contributed by atoms with van der Waals surface area (Å²) in [7, 11) is 0. The third-order valence-corrected chi connectivity index (χ3v) is 4.81. The zero-order valence-corrected chi connectivity index (χ0v) is 13.0. The zero-order valence-electron chi connectivity index (χ0n) is 13.0. The predicted molar refractivity (Wildman–Crippen MR) is 84.7 cm³/mol. The minimum Gasteiger partial charge on any atom is -0.511 e. The van der Waals surface area contributed by atoms with E-state index in [2.05, 4.69) is 4.90 Å². The van der Waals surface area contributed by atoms with Crippen molar-refractivity contribution in [3.8, 4) is 0 Å². The van der Waals surface area contributed by atoms with Crippen LogP contribution in [0.4, 0.5) is 0 Å². The summed E-state index contributed by atoms with van der Waals surface area (Å²) in [4.78, 5) is 14.3. The highest BCUT2D eigenvalue weighted by Gasteiger charge is 2.45. The van der Waals surface area contributed by atoms with Crippen molar-refractivity contribution in [2.75, 3.05) is 26.2 Å². The molecule has 0 amide bonds. The lowest BCUT2D eigenvalue weighted by molar-refractivity contribution is -0.144. The standard InChI is InChI=1S/C18H23NO3/c1-2-15-16(20)18(13-22-17(15)21,12-19-10-6-7-11-19)14-8-4-3-5-9-14/h3-5,8-9,20H,2,6-7,10-13H2,1H3. The summed E-state index contributed by atoms with van der Waals surface area (Å²) in [5.41, 5.74) is 0.789. The number of carbonyl (C=O) groups is 1. The Hall–Kier alpha value is -1.81. The van der Waals surface area contributed by atoms with Crippen LogP contribution in [0.5, 0.6) is 0 Å². The van der Waals surface area contributed by atoms with Crippen LogP contribution in [0.2, 0.25) is 0 Å². The molecule has 4 heteroatoms. The Kier molecular flexibility index (Phi) is 4.21. The predicted octanol–water partition coefficient (Wildman–Crippen LogP) is 2.80. The van der Waals surface area contributed by atoms with E-state index in [1.165, 1.54) is 12.8 Å². The summed E-state index contributed by atoms with van der Waals surface area (Å²) >= 11 is 0. The maximum absolute atomic E-state index is 11.9. The van der Waals surface area contributed by atoms with Gasteiger partial charge in [-0.2, -0.15) is 0 Å². The number of rotatable bonds is 4. The molecule has 0 spiro atoms. The van der Waals surface area contributed by atoms with Crippen LogP contribution < -0.4 is 0 Å². The normalized spacial score (nSPS) is 26.3. The van der Waals surface area contributed by atoms with Gasteiger partial charge in [-0.25, -0.2) is 4.79 Å². The Labute approximate surface area is 131 Å². The Morgan fingerprint density at radius 2 is 1.91 bits per heavy atom. The van der Waals surface area contributed by atoms with Gasteiger partial charge in [-0.3, -0.25) is 0 Å². The largest absolute Gasteiger partial charge is 0.511 e. The van der Waals surface area contributed by atoms with E-state index in [1.54, 1.807) is 0 Å². The Balaban J connectivity index is 2.06. The molecule has 1 fully saturated rings. The van der Waals surface area contributed by atoms with Crippen molar-refractivity contribution < 1.29 is 14.6 Å². The van der Waals surface area contributed by atoms with Crippen LogP contribution in [0.15, 0.2) is 41.7 Å². The molecule has 2 aliphatic rings. The first-order valence-corrected chi connectivity index (χ1v) is 8.05. The summed E-state index contributed by atoms with van der Waals surface area (Å²) in [6, 6.07) is 9.92. The number of nitrogens with zero attached hydrogens (tertiary/aromatic N) is 1. The number of hydrogen-bond donors (Lipinski definition) is 1. The number of benzene rings is 1. The maximum Gasteiger partial charge on any atom is 0.337 e. The van der Waals surface area contributed by atoms with Crippen molar-refractivity contribution in [2.45, 2.75) is 31.6 Å². The van der Waals surface area contributed by atoms with Crippen LogP contribution in [0.3, 0.4) is 0 Å². The molecule has 3 rings (SSSR count). The van der Waals surface area contributed by atoms with Gasteiger partial charge in [-0.1, -0.05) is 37.3 Å². The second kappa shape index (κ2) is 6.13. The molecule has 0 radical (unpaired) electrons. The number of aliphatic hydroxyl groups excluding tert-OH is 1. The number of ether oxygens (including phenoxy) is 1. The van der Waals surface area contributed by atoms with E-state index in [0.717, 1.165) is 18.7 Å². The molecule has 2 heterocycles. The van der Waals surface area contributed by atoms with Crippen molar-refractivity contribution in [3.63, 3.8) is 0 Å². The number of aliphatic hydroxyl groups is 1. The highest BCUT2D eigenvalue weighted by Crippen LogP contribution is 2.39. The molecule has 4 nitrogen and oxygen atoms in total. The summed E-state index contributed by atoms with van der Waals surface area (Å²) < 4.78 is 5.45. The fourth-order valence-corrected chi connectivity index (χ4v) is 3.55. The minimum atomic E-state index is -0.634. The quantitative estimate of drug-likeness (QED) is 0.869. The van der Waals surface area contributed by atoms with Gasteiger partial charge in [0, 0.05) is 6.54 Å². The van der Waals surface area contributed by atoms with Gasteiger partial charge < -0.3 is 14.7 Å². The Bertz CT molecular complexity index is 575. The fraction of sp³-hybridized carbons (Fsp3) is 0.500. The van der Waals surface area contributed by atoms with Crippen LogP contribution in [0, 0.1) is 0 Å². The number of hydrogen-bond acceptors (Lipinski definition) is 4. The van der Waals surface area contributed by atoms with E-state index >= 15 is 0 Å². The lowest BCUT2D eigenvalue weighted by Gasteiger charge is -2.40. The fourth-order valence-electron chi connectivity index (χ4n) is 3.55. The van der Waals surface area contributed by atoms with Crippen LogP contribution >= 0.6 is 0 Å². The number of cyclic esters (lactones) is 1. The summed E-state index contributed by atoms with van der Waals surface area (Å²) in [6.07, 6.45) is 2.87. The average molecular weight is 301 g/mol. The van der Waals surface area contributed by atoms with E-state index < -0.39 is 5.41 Å². The highest BCUT2D eigenvalue weighted by atomic mass is 16.5. The van der Waals surface area contributed by atoms with Gasteiger partial charge in [-0.15, -0.1) is 0 Å². The molecule has 1 saturated heterocycles. The molecule has 1 atom stereocenters. The van der Waals surface area contributed by atoms with Gasteiger partial charge in [0.2, 0.25) is 0 Å². The van der Waals surface area contributed by atoms with Crippen LogP contribution in [0.25, 0.3) is 0 Å². The summed E-state index contributed by atoms with van der Waals surface area (Å²) in [5.74, 6) is -0.183. The average Bonchev–Trinajstić information content (AvgIpc) is 3.05.